The van der Waals surface area contributed by atoms with Crippen molar-refractivity contribution in [3.05, 3.63) is 52.8 Å². The van der Waals surface area contributed by atoms with Gasteiger partial charge in [-0.2, -0.15) is 5.10 Å². The summed E-state index contributed by atoms with van der Waals surface area (Å²) in [6.45, 7) is 8.26. The molecule has 0 aliphatic carbocycles. The van der Waals surface area contributed by atoms with Crippen LogP contribution in [0.4, 0.5) is 11.5 Å². The highest BCUT2D eigenvalue weighted by molar-refractivity contribution is 6.03. The second-order valence-corrected chi connectivity index (χ2v) is 9.91. The van der Waals surface area contributed by atoms with E-state index in [1.807, 2.05) is 40.6 Å². The highest BCUT2D eigenvalue weighted by Crippen LogP contribution is 2.34. The molecule has 8 heteroatoms. The van der Waals surface area contributed by atoms with E-state index in [-0.39, 0.29) is 17.9 Å². The molecule has 184 valence electrons. The normalized spacial score (nSPS) is 18.7. The Morgan fingerprint density at radius 1 is 1.00 bits per heavy atom. The third-order valence-corrected chi connectivity index (χ3v) is 7.10. The molecule has 0 radical (unpaired) electrons. The Bertz CT molecular complexity index is 1260. The number of nitrogens with one attached hydrogen (secondary N) is 1. The Balaban J connectivity index is 1.48. The number of benzene rings is 1. The maximum absolute atomic E-state index is 13.8. The monoisotopic (exact) mass is 474 g/mol. The molecule has 1 N–H and O–H groups in total. The van der Waals surface area contributed by atoms with Crippen LogP contribution in [0.1, 0.15) is 78.7 Å². The van der Waals surface area contributed by atoms with Gasteiger partial charge in [-0.05, 0) is 64.5 Å². The molecular formula is C27H34N6O2. The Labute approximate surface area is 206 Å². The van der Waals surface area contributed by atoms with Crippen molar-refractivity contribution in [2.24, 2.45) is 0 Å². The number of carbonyl (C=O) groups excluding carboxylic acids is 2. The van der Waals surface area contributed by atoms with Gasteiger partial charge in [0.2, 0.25) is 5.91 Å². The van der Waals surface area contributed by atoms with Crippen molar-refractivity contribution >= 4 is 29.0 Å². The Hall–Kier alpha value is -3.42. The first kappa shape index (κ1) is 23.3. The lowest BCUT2D eigenvalue weighted by atomic mass is 9.97. The minimum atomic E-state index is -0.190. The van der Waals surface area contributed by atoms with Gasteiger partial charge in [-0.3, -0.25) is 9.59 Å². The summed E-state index contributed by atoms with van der Waals surface area (Å²) in [6, 6.07) is 7.49. The van der Waals surface area contributed by atoms with Gasteiger partial charge in [0.15, 0.2) is 5.65 Å². The van der Waals surface area contributed by atoms with Crippen LogP contribution in [-0.2, 0) is 4.79 Å². The highest BCUT2D eigenvalue weighted by atomic mass is 16.2. The molecule has 2 aromatic heterocycles. The topological polar surface area (TPSA) is 82.8 Å². The summed E-state index contributed by atoms with van der Waals surface area (Å²) in [5, 5.41) is 7.69. The van der Waals surface area contributed by atoms with E-state index in [4.69, 9.17) is 10.1 Å². The first-order chi connectivity index (χ1) is 16.9. The van der Waals surface area contributed by atoms with Crippen LogP contribution in [-0.4, -0.2) is 50.9 Å². The molecule has 35 heavy (non-hydrogen) atoms. The van der Waals surface area contributed by atoms with Gasteiger partial charge in [0.05, 0.1) is 23.0 Å². The van der Waals surface area contributed by atoms with E-state index >= 15 is 0 Å². The number of aromatic nitrogens is 3. The minimum absolute atomic E-state index is 0.0719. The number of anilines is 2. The lowest BCUT2D eigenvalue weighted by molar-refractivity contribution is -0.114. The predicted octanol–water partition coefficient (Wildman–Crippen LogP) is 4.66. The van der Waals surface area contributed by atoms with Crippen LogP contribution >= 0.6 is 0 Å². The number of aryl methyl sites for hydroxylation is 2. The van der Waals surface area contributed by atoms with Gasteiger partial charge in [-0.1, -0.05) is 11.6 Å². The van der Waals surface area contributed by atoms with Gasteiger partial charge < -0.3 is 15.1 Å². The average molecular weight is 475 g/mol. The summed E-state index contributed by atoms with van der Waals surface area (Å²) in [7, 11) is 0. The fourth-order valence-corrected chi connectivity index (χ4v) is 5.38. The zero-order valence-corrected chi connectivity index (χ0v) is 20.9. The molecular weight excluding hydrogens is 440 g/mol. The molecule has 8 nitrogen and oxygen atoms in total. The number of nitrogens with zero attached hydrogens (tertiary/aromatic N) is 5. The number of likely N-dealkylation sites (tertiary alicyclic amines) is 1. The zero-order chi connectivity index (χ0) is 24.5. The SMILES string of the molecule is CC(=O)Nc1ccc(C)cc1C(=O)N1CCCC[C@H]1c1cc2nc(N3CCCCC3)c(C)cn2n1. The number of hydrogen-bond donors (Lipinski definition) is 1. The van der Waals surface area contributed by atoms with Crippen LogP contribution in [0.15, 0.2) is 30.5 Å². The fraction of sp³-hybridized carbons (Fsp3) is 0.481. The molecule has 4 heterocycles. The molecule has 2 fully saturated rings. The van der Waals surface area contributed by atoms with Gasteiger partial charge in [0.1, 0.15) is 5.82 Å². The maximum Gasteiger partial charge on any atom is 0.256 e. The maximum atomic E-state index is 13.8. The van der Waals surface area contributed by atoms with Crippen LogP contribution in [0, 0.1) is 13.8 Å². The summed E-state index contributed by atoms with van der Waals surface area (Å²) in [6.07, 6.45) is 8.60. The quantitative estimate of drug-likeness (QED) is 0.595. The summed E-state index contributed by atoms with van der Waals surface area (Å²) < 4.78 is 1.85. The molecule has 1 atom stereocenters. The van der Waals surface area contributed by atoms with E-state index in [1.165, 1.54) is 26.2 Å². The molecule has 0 bridgehead atoms. The second kappa shape index (κ2) is 9.68. The van der Waals surface area contributed by atoms with Crippen molar-refractivity contribution < 1.29 is 9.59 Å². The van der Waals surface area contributed by atoms with Crippen LogP contribution in [0.25, 0.3) is 5.65 Å². The number of piperidine rings is 2. The van der Waals surface area contributed by atoms with E-state index in [0.717, 1.165) is 60.6 Å². The number of hydrogen-bond acceptors (Lipinski definition) is 5. The van der Waals surface area contributed by atoms with Crippen LogP contribution in [0.2, 0.25) is 0 Å². The number of fused-ring (bicyclic) bond motifs is 1. The first-order valence-corrected chi connectivity index (χ1v) is 12.7. The van der Waals surface area contributed by atoms with Crippen LogP contribution in [0.3, 0.4) is 0 Å². The average Bonchev–Trinajstić information content (AvgIpc) is 3.27. The Morgan fingerprint density at radius 2 is 1.77 bits per heavy atom. The van der Waals surface area contributed by atoms with E-state index in [9.17, 15) is 9.59 Å². The van der Waals surface area contributed by atoms with E-state index in [0.29, 0.717) is 17.8 Å². The van der Waals surface area contributed by atoms with Gasteiger partial charge >= 0.3 is 0 Å². The van der Waals surface area contributed by atoms with Crippen molar-refractivity contribution in [3.63, 3.8) is 0 Å². The van der Waals surface area contributed by atoms with Crippen molar-refractivity contribution in [1.29, 1.82) is 0 Å². The number of carbonyl (C=O) groups is 2. The van der Waals surface area contributed by atoms with Crippen LogP contribution in [0.5, 0.6) is 0 Å². The molecule has 0 saturated carbocycles. The van der Waals surface area contributed by atoms with Gasteiger partial charge in [-0.15, -0.1) is 0 Å². The molecule has 2 saturated heterocycles. The number of amides is 2. The summed E-state index contributed by atoms with van der Waals surface area (Å²) >= 11 is 0. The second-order valence-electron chi connectivity index (χ2n) is 9.91. The molecule has 2 amide bonds. The van der Waals surface area contributed by atoms with Crippen molar-refractivity contribution in [3.8, 4) is 0 Å². The highest BCUT2D eigenvalue weighted by Gasteiger charge is 2.32. The number of rotatable bonds is 4. The molecule has 2 aliphatic rings. The van der Waals surface area contributed by atoms with Crippen LogP contribution < -0.4 is 10.2 Å². The first-order valence-electron chi connectivity index (χ1n) is 12.7. The predicted molar refractivity (Wildman–Crippen MR) is 137 cm³/mol. The lowest BCUT2D eigenvalue weighted by Crippen LogP contribution is -2.39. The molecule has 0 unspecified atom stereocenters. The Kier molecular flexibility index (Phi) is 6.45. The molecule has 1 aromatic carbocycles. The largest absolute Gasteiger partial charge is 0.356 e. The van der Waals surface area contributed by atoms with E-state index in [1.54, 1.807) is 0 Å². The zero-order valence-electron chi connectivity index (χ0n) is 20.9. The lowest BCUT2D eigenvalue weighted by Gasteiger charge is -2.35. The summed E-state index contributed by atoms with van der Waals surface area (Å²) in [5.41, 5.74) is 4.86. The molecule has 2 aliphatic heterocycles. The molecule has 0 spiro atoms. The van der Waals surface area contributed by atoms with Gasteiger partial charge in [-0.25, -0.2) is 9.50 Å². The van der Waals surface area contributed by atoms with Gasteiger partial charge in [0, 0.05) is 44.4 Å². The molecule has 3 aromatic rings. The summed E-state index contributed by atoms with van der Waals surface area (Å²) in [4.78, 5) is 34.8. The van der Waals surface area contributed by atoms with E-state index in [2.05, 4.69) is 23.3 Å². The van der Waals surface area contributed by atoms with Crippen molar-refractivity contribution in [2.75, 3.05) is 29.9 Å². The van der Waals surface area contributed by atoms with Gasteiger partial charge in [0.25, 0.3) is 5.91 Å². The third kappa shape index (κ3) is 4.74. The van der Waals surface area contributed by atoms with Crippen molar-refractivity contribution in [1.82, 2.24) is 19.5 Å². The smallest absolute Gasteiger partial charge is 0.256 e. The fourth-order valence-electron chi connectivity index (χ4n) is 5.38. The molecule has 5 rings (SSSR count). The summed E-state index contributed by atoms with van der Waals surface area (Å²) in [5.74, 6) is 0.779. The van der Waals surface area contributed by atoms with Crippen molar-refractivity contribution in [2.45, 2.75) is 65.3 Å². The standard InChI is InChI=1S/C27H34N6O2/c1-18-10-11-22(28-20(3)34)21(15-18)27(35)32-14-8-5-9-24(32)23-16-25-29-26(19(2)17-33(25)30-23)31-12-6-4-7-13-31/h10-11,15-17,24H,4-9,12-14H2,1-3H3,(H,28,34)/t24-/m0/s1. The Morgan fingerprint density at radius 3 is 2.54 bits per heavy atom. The minimum Gasteiger partial charge on any atom is -0.356 e. The van der Waals surface area contributed by atoms with E-state index < -0.39 is 0 Å². The third-order valence-electron chi connectivity index (χ3n) is 7.10.